The molecule has 1 rings (SSSR count). The van der Waals surface area contributed by atoms with E-state index in [1.165, 1.54) is 12.5 Å². The quantitative estimate of drug-likeness (QED) is 0.135. The number of aliphatic carboxylic acids is 2. The molecule has 0 aliphatic rings. The number of nitrogens with two attached hydrogens (primary N) is 2. The van der Waals surface area contributed by atoms with Crippen molar-refractivity contribution in [2.75, 3.05) is 6.54 Å². The third-order valence-corrected chi connectivity index (χ3v) is 4.07. The lowest BCUT2D eigenvalue weighted by Gasteiger charge is -2.21. The summed E-state index contributed by atoms with van der Waals surface area (Å²) in [4.78, 5) is 75.9. The maximum atomic E-state index is 12.6. The predicted molar refractivity (Wildman–Crippen MR) is 105 cm³/mol. The van der Waals surface area contributed by atoms with Crippen LogP contribution in [-0.2, 0) is 35.2 Å². The Kier molecular flexibility index (Phi) is 10.3. The largest absolute Gasteiger partial charge is 0.481 e. The summed E-state index contributed by atoms with van der Waals surface area (Å²) in [7, 11) is 0. The highest BCUT2D eigenvalue weighted by Crippen LogP contribution is 2.03. The molecule has 0 saturated carbocycles. The number of carboxylic acids is 2. The van der Waals surface area contributed by atoms with Crippen LogP contribution in [0.2, 0.25) is 0 Å². The lowest BCUT2D eigenvalue weighted by Crippen LogP contribution is -2.54. The van der Waals surface area contributed by atoms with E-state index in [9.17, 15) is 33.9 Å². The second-order valence-corrected chi connectivity index (χ2v) is 6.73. The van der Waals surface area contributed by atoms with Gasteiger partial charge in [-0.3, -0.25) is 24.0 Å². The highest BCUT2D eigenvalue weighted by atomic mass is 16.4. The number of nitrogens with one attached hydrogen (secondary N) is 4. The van der Waals surface area contributed by atoms with Crippen LogP contribution in [0.25, 0.3) is 0 Å². The number of rotatable bonds is 14. The van der Waals surface area contributed by atoms with E-state index < -0.39 is 73.1 Å². The zero-order valence-corrected chi connectivity index (χ0v) is 16.9. The summed E-state index contributed by atoms with van der Waals surface area (Å²) in [6, 6.07) is -4.02. The second kappa shape index (κ2) is 12.6. The zero-order valence-electron chi connectivity index (χ0n) is 16.9. The Morgan fingerprint density at radius 3 is 2.28 bits per heavy atom. The van der Waals surface area contributed by atoms with Crippen LogP contribution in [-0.4, -0.2) is 80.4 Å². The highest BCUT2D eigenvalue weighted by molar-refractivity contribution is 5.93. The molecule has 0 saturated heterocycles. The van der Waals surface area contributed by atoms with Gasteiger partial charge in [0.15, 0.2) is 0 Å². The van der Waals surface area contributed by atoms with Gasteiger partial charge in [-0.2, -0.15) is 0 Å². The van der Waals surface area contributed by atoms with Crippen molar-refractivity contribution < 1.29 is 39.0 Å². The number of carboxylic acid groups (broad SMARTS) is 2. The lowest BCUT2D eigenvalue weighted by atomic mass is 10.1. The maximum absolute atomic E-state index is 12.6. The van der Waals surface area contributed by atoms with Gasteiger partial charge in [-0.15, -0.1) is 0 Å². The molecular formula is C17H25N7O8. The van der Waals surface area contributed by atoms with Gasteiger partial charge in [0.1, 0.15) is 12.1 Å². The van der Waals surface area contributed by atoms with Crippen LogP contribution in [0, 0.1) is 0 Å². The normalized spacial score (nSPS) is 13.3. The second-order valence-electron chi connectivity index (χ2n) is 6.73. The Balaban J connectivity index is 2.78. The first kappa shape index (κ1) is 26.0. The van der Waals surface area contributed by atoms with Crippen molar-refractivity contribution in [3.63, 3.8) is 0 Å². The minimum atomic E-state index is -1.49. The van der Waals surface area contributed by atoms with Gasteiger partial charge in [0.25, 0.3) is 0 Å². The van der Waals surface area contributed by atoms with E-state index in [2.05, 4.69) is 25.9 Å². The molecule has 15 nitrogen and oxygen atoms in total. The predicted octanol–water partition coefficient (Wildman–Crippen LogP) is -3.81. The van der Waals surface area contributed by atoms with Gasteiger partial charge in [-0.05, 0) is 6.42 Å². The molecule has 4 amide bonds. The molecule has 0 aliphatic carbocycles. The number of primary amides is 1. The van der Waals surface area contributed by atoms with E-state index in [-0.39, 0.29) is 12.8 Å². The van der Waals surface area contributed by atoms with Gasteiger partial charge in [0, 0.05) is 24.7 Å². The maximum Gasteiger partial charge on any atom is 0.326 e. The van der Waals surface area contributed by atoms with Crippen molar-refractivity contribution in [1.82, 2.24) is 25.9 Å². The van der Waals surface area contributed by atoms with Gasteiger partial charge >= 0.3 is 11.9 Å². The number of H-pyrrole nitrogens is 1. The van der Waals surface area contributed by atoms with Crippen LogP contribution < -0.4 is 27.4 Å². The zero-order chi connectivity index (χ0) is 24.3. The molecule has 15 heteroatoms. The smallest absolute Gasteiger partial charge is 0.326 e. The first-order valence-electron chi connectivity index (χ1n) is 9.32. The van der Waals surface area contributed by atoms with E-state index in [1.54, 1.807) is 0 Å². The lowest BCUT2D eigenvalue weighted by molar-refractivity contribution is -0.143. The van der Waals surface area contributed by atoms with Crippen molar-refractivity contribution >= 4 is 35.6 Å². The number of carbonyl (C=O) groups excluding carboxylic acids is 4. The summed E-state index contributed by atoms with van der Waals surface area (Å²) in [6.45, 7) is -0.584. The van der Waals surface area contributed by atoms with Gasteiger partial charge in [-0.25, -0.2) is 9.78 Å². The minimum Gasteiger partial charge on any atom is -0.481 e. The summed E-state index contributed by atoms with van der Waals surface area (Å²) in [5.74, 6) is -5.98. The topological polar surface area (TPSA) is 260 Å². The van der Waals surface area contributed by atoms with Crippen molar-refractivity contribution in [3.05, 3.63) is 18.2 Å². The van der Waals surface area contributed by atoms with Crippen LogP contribution in [0.4, 0.5) is 0 Å². The van der Waals surface area contributed by atoms with Gasteiger partial charge in [0.2, 0.25) is 23.6 Å². The fourth-order valence-electron chi connectivity index (χ4n) is 2.48. The molecule has 1 aromatic rings. The summed E-state index contributed by atoms with van der Waals surface area (Å²) in [5.41, 5.74) is 10.8. The number of aromatic amines is 1. The molecule has 176 valence electrons. The summed E-state index contributed by atoms with van der Waals surface area (Å²) >= 11 is 0. The van der Waals surface area contributed by atoms with Gasteiger partial charge < -0.3 is 42.6 Å². The SMILES string of the molecule is NC(=O)CC(N)C(=O)NCC(=O)NC(Cc1cnc[nH]1)C(=O)NC(CCC(=O)O)C(=O)O. The molecule has 1 aromatic heterocycles. The van der Waals surface area contributed by atoms with E-state index in [4.69, 9.17) is 16.6 Å². The number of carbonyl (C=O) groups is 6. The average Bonchev–Trinajstić information content (AvgIpc) is 3.20. The molecule has 3 atom stereocenters. The molecular weight excluding hydrogens is 430 g/mol. The van der Waals surface area contributed by atoms with Crippen molar-refractivity contribution in [3.8, 4) is 0 Å². The minimum absolute atomic E-state index is 0.0992. The van der Waals surface area contributed by atoms with E-state index >= 15 is 0 Å². The number of hydrogen-bond acceptors (Lipinski definition) is 8. The van der Waals surface area contributed by atoms with E-state index in [1.807, 2.05) is 0 Å². The number of aromatic nitrogens is 2. The van der Waals surface area contributed by atoms with Gasteiger partial charge in [-0.1, -0.05) is 0 Å². The Labute approximate surface area is 181 Å². The Morgan fingerprint density at radius 1 is 1.06 bits per heavy atom. The number of imidazole rings is 1. The number of hydrogen-bond donors (Lipinski definition) is 8. The number of nitrogens with zero attached hydrogens (tertiary/aromatic N) is 1. The molecule has 3 unspecified atom stereocenters. The molecule has 0 fully saturated rings. The monoisotopic (exact) mass is 455 g/mol. The van der Waals surface area contributed by atoms with Crippen molar-refractivity contribution in [2.24, 2.45) is 11.5 Å². The van der Waals surface area contributed by atoms with Crippen molar-refractivity contribution in [2.45, 2.75) is 43.8 Å². The van der Waals surface area contributed by atoms with Crippen LogP contribution in [0.1, 0.15) is 25.0 Å². The van der Waals surface area contributed by atoms with Crippen LogP contribution >= 0.6 is 0 Å². The Hall–Kier alpha value is -4.01. The number of amides is 4. The Morgan fingerprint density at radius 2 is 1.75 bits per heavy atom. The summed E-state index contributed by atoms with van der Waals surface area (Å²) in [6.07, 6.45) is 1.33. The first-order valence-corrected chi connectivity index (χ1v) is 9.32. The van der Waals surface area contributed by atoms with Crippen LogP contribution in [0.5, 0.6) is 0 Å². The first-order chi connectivity index (χ1) is 15.0. The molecule has 1 heterocycles. The summed E-state index contributed by atoms with van der Waals surface area (Å²) in [5, 5.41) is 24.7. The fraction of sp³-hybridized carbons (Fsp3) is 0.471. The van der Waals surface area contributed by atoms with Crippen molar-refractivity contribution in [1.29, 1.82) is 0 Å². The highest BCUT2D eigenvalue weighted by Gasteiger charge is 2.28. The molecule has 32 heavy (non-hydrogen) atoms. The van der Waals surface area contributed by atoms with E-state index in [0.29, 0.717) is 5.69 Å². The molecule has 0 radical (unpaired) electrons. The standard InChI is InChI=1S/C17H25N7O8/c18-9(4-12(19)25)15(29)21-6-13(26)23-11(3-8-5-20-7-22-8)16(30)24-10(17(31)32)1-2-14(27)28/h5,7,9-11H,1-4,6,18H2,(H2,19,25)(H,20,22)(H,21,29)(H,23,26)(H,24,30)(H,27,28)(H,31,32). The third kappa shape index (κ3) is 9.66. The van der Waals surface area contributed by atoms with E-state index in [0.717, 1.165) is 0 Å². The molecule has 0 bridgehead atoms. The molecule has 10 N–H and O–H groups in total. The molecule has 0 spiro atoms. The Bertz CT molecular complexity index is 842. The molecule has 0 aliphatic heterocycles. The average molecular weight is 455 g/mol. The van der Waals surface area contributed by atoms with Crippen LogP contribution in [0.15, 0.2) is 12.5 Å². The summed E-state index contributed by atoms with van der Waals surface area (Å²) < 4.78 is 0. The van der Waals surface area contributed by atoms with Gasteiger partial charge in [0.05, 0.1) is 25.3 Å². The fourth-order valence-corrected chi connectivity index (χ4v) is 2.48. The third-order valence-electron chi connectivity index (χ3n) is 4.07. The van der Waals surface area contributed by atoms with Crippen LogP contribution in [0.3, 0.4) is 0 Å². The molecule has 0 aromatic carbocycles.